The van der Waals surface area contributed by atoms with E-state index in [0.717, 1.165) is 22.4 Å². The van der Waals surface area contributed by atoms with Crippen LogP contribution < -0.4 is 0 Å². The van der Waals surface area contributed by atoms with E-state index >= 15 is 0 Å². The summed E-state index contributed by atoms with van der Waals surface area (Å²) in [6.45, 7) is 0. The first-order valence-corrected chi connectivity index (χ1v) is 7.18. The number of benzene rings is 2. The first-order chi connectivity index (χ1) is 10.9. The molecule has 22 heavy (non-hydrogen) atoms. The number of nitrogens with zero attached hydrogens (tertiary/aromatic N) is 2. The lowest BCUT2D eigenvalue weighted by molar-refractivity contribution is 1.32. The van der Waals surface area contributed by atoms with Gasteiger partial charge in [0.05, 0.1) is 5.70 Å². The molecular weight excluding hydrogens is 268 g/mol. The molecule has 1 heterocycles. The highest BCUT2D eigenvalue weighted by atomic mass is 14.7. The first-order valence-electron chi connectivity index (χ1n) is 7.18. The molecule has 0 amide bonds. The highest BCUT2D eigenvalue weighted by Crippen LogP contribution is 2.19. The van der Waals surface area contributed by atoms with Gasteiger partial charge in [0.15, 0.2) is 0 Å². The Morgan fingerprint density at radius 2 is 1.45 bits per heavy atom. The van der Waals surface area contributed by atoms with Crippen molar-refractivity contribution in [3.05, 3.63) is 102 Å². The van der Waals surface area contributed by atoms with Crippen LogP contribution in [0.3, 0.4) is 0 Å². The summed E-state index contributed by atoms with van der Waals surface area (Å²) in [6, 6.07) is 24.3. The van der Waals surface area contributed by atoms with Gasteiger partial charge in [-0.1, -0.05) is 66.7 Å². The molecule has 0 aliphatic rings. The van der Waals surface area contributed by atoms with Crippen LogP contribution in [0.1, 0.15) is 16.7 Å². The summed E-state index contributed by atoms with van der Waals surface area (Å²) >= 11 is 0. The molecule has 2 aromatic carbocycles. The zero-order valence-electron chi connectivity index (χ0n) is 12.1. The molecule has 1 aromatic heterocycles. The molecule has 0 saturated carbocycles. The van der Waals surface area contributed by atoms with E-state index in [1.54, 1.807) is 12.4 Å². The lowest BCUT2D eigenvalue weighted by Gasteiger charge is -2.03. The maximum absolute atomic E-state index is 4.66. The van der Waals surface area contributed by atoms with Crippen LogP contribution in [0.15, 0.2) is 90.2 Å². The number of pyridine rings is 1. The van der Waals surface area contributed by atoms with Crippen molar-refractivity contribution in [2.24, 2.45) is 4.99 Å². The van der Waals surface area contributed by atoms with Crippen LogP contribution in [-0.4, -0.2) is 11.2 Å². The molecular formula is C20H16N2. The van der Waals surface area contributed by atoms with Gasteiger partial charge in [-0.15, -0.1) is 0 Å². The van der Waals surface area contributed by atoms with Gasteiger partial charge in [-0.3, -0.25) is 9.98 Å². The van der Waals surface area contributed by atoms with Crippen LogP contribution in [0.5, 0.6) is 0 Å². The molecule has 0 fully saturated rings. The van der Waals surface area contributed by atoms with Crippen LogP contribution in [0, 0.1) is 0 Å². The third-order valence-corrected chi connectivity index (χ3v) is 3.21. The van der Waals surface area contributed by atoms with Gasteiger partial charge in [-0.05, 0) is 17.7 Å². The normalized spacial score (nSPS) is 11.7. The first kappa shape index (κ1) is 14.0. The summed E-state index contributed by atoms with van der Waals surface area (Å²) in [5.41, 5.74) is 4.13. The lowest BCUT2D eigenvalue weighted by Crippen LogP contribution is -1.86. The molecule has 0 unspecified atom stereocenters. The fourth-order valence-electron chi connectivity index (χ4n) is 2.11. The Bertz CT molecular complexity index is 761. The minimum absolute atomic E-state index is 0.927. The maximum Gasteiger partial charge on any atom is 0.0708 e. The second-order valence-corrected chi connectivity index (χ2v) is 4.85. The molecule has 0 radical (unpaired) electrons. The summed E-state index contributed by atoms with van der Waals surface area (Å²) in [4.78, 5) is 8.76. The fourth-order valence-corrected chi connectivity index (χ4v) is 2.11. The Kier molecular flexibility index (Phi) is 4.53. The Labute approximate surface area is 130 Å². The van der Waals surface area contributed by atoms with Crippen LogP contribution >= 0.6 is 0 Å². The molecule has 106 valence electrons. The Balaban J connectivity index is 1.97. The van der Waals surface area contributed by atoms with Crippen molar-refractivity contribution >= 4 is 18.0 Å². The van der Waals surface area contributed by atoms with Crippen LogP contribution in [0.25, 0.3) is 11.8 Å². The van der Waals surface area contributed by atoms with Gasteiger partial charge in [0.2, 0.25) is 0 Å². The molecule has 0 aliphatic heterocycles. The summed E-state index contributed by atoms with van der Waals surface area (Å²) < 4.78 is 0. The van der Waals surface area contributed by atoms with Crippen molar-refractivity contribution in [2.75, 3.05) is 0 Å². The third kappa shape index (κ3) is 3.76. The molecule has 3 aromatic rings. The highest BCUT2D eigenvalue weighted by molar-refractivity contribution is 5.89. The molecule has 2 heteroatoms. The second-order valence-electron chi connectivity index (χ2n) is 4.85. The van der Waals surface area contributed by atoms with E-state index in [2.05, 4.69) is 40.3 Å². The van der Waals surface area contributed by atoms with E-state index < -0.39 is 0 Å². The van der Waals surface area contributed by atoms with Crippen molar-refractivity contribution < 1.29 is 0 Å². The van der Waals surface area contributed by atoms with Crippen molar-refractivity contribution in [1.82, 2.24) is 4.98 Å². The zero-order valence-corrected chi connectivity index (χ0v) is 12.1. The molecule has 3 rings (SSSR count). The van der Waals surface area contributed by atoms with Gasteiger partial charge >= 0.3 is 0 Å². The summed E-state index contributed by atoms with van der Waals surface area (Å²) in [6.07, 6.45) is 7.49. The van der Waals surface area contributed by atoms with Crippen LogP contribution in [0.4, 0.5) is 0 Å². The number of rotatable bonds is 4. The predicted octanol–water partition coefficient (Wildman–Crippen LogP) is 4.70. The van der Waals surface area contributed by atoms with Crippen molar-refractivity contribution in [1.29, 1.82) is 0 Å². The molecule has 2 nitrogen and oxygen atoms in total. The number of hydrogen-bond donors (Lipinski definition) is 0. The number of hydrogen-bond acceptors (Lipinski definition) is 2. The average molecular weight is 284 g/mol. The van der Waals surface area contributed by atoms with E-state index in [-0.39, 0.29) is 0 Å². The van der Waals surface area contributed by atoms with Gasteiger partial charge in [0.25, 0.3) is 0 Å². The minimum Gasteiger partial charge on any atom is -0.264 e. The molecule has 0 N–H and O–H groups in total. The van der Waals surface area contributed by atoms with Gasteiger partial charge in [0, 0.05) is 29.7 Å². The van der Waals surface area contributed by atoms with E-state index in [1.807, 2.05) is 54.7 Å². The van der Waals surface area contributed by atoms with Crippen molar-refractivity contribution in [2.45, 2.75) is 0 Å². The molecule has 0 bridgehead atoms. The lowest BCUT2D eigenvalue weighted by atomic mass is 10.1. The van der Waals surface area contributed by atoms with E-state index in [4.69, 9.17) is 0 Å². The Morgan fingerprint density at radius 3 is 2.14 bits per heavy atom. The van der Waals surface area contributed by atoms with Crippen molar-refractivity contribution in [3.63, 3.8) is 0 Å². The quantitative estimate of drug-likeness (QED) is 0.503. The van der Waals surface area contributed by atoms with Gasteiger partial charge < -0.3 is 0 Å². The minimum atomic E-state index is 0.927. The monoisotopic (exact) mass is 284 g/mol. The van der Waals surface area contributed by atoms with Crippen LogP contribution in [-0.2, 0) is 0 Å². The maximum atomic E-state index is 4.66. The molecule has 0 spiro atoms. The topological polar surface area (TPSA) is 25.2 Å². The smallest absolute Gasteiger partial charge is 0.0708 e. The van der Waals surface area contributed by atoms with Gasteiger partial charge in [-0.25, -0.2) is 0 Å². The van der Waals surface area contributed by atoms with Gasteiger partial charge in [-0.2, -0.15) is 0 Å². The summed E-state index contributed by atoms with van der Waals surface area (Å²) in [7, 11) is 0. The summed E-state index contributed by atoms with van der Waals surface area (Å²) in [5, 5.41) is 0. The van der Waals surface area contributed by atoms with E-state index in [0.29, 0.717) is 0 Å². The fraction of sp³-hybridized carbons (Fsp3) is 0. The van der Waals surface area contributed by atoms with Crippen molar-refractivity contribution in [3.8, 4) is 0 Å². The van der Waals surface area contributed by atoms with Gasteiger partial charge in [0.1, 0.15) is 0 Å². The Morgan fingerprint density at radius 1 is 0.773 bits per heavy atom. The van der Waals surface area contributed by atoms with E-state index in [9.17, 15) is 0 Å². The second kappa shape index (κ2) is 7.14. The largest absolute Gasteiger partial charge is 0.264 e. The highest BCUT2D eigenvalue weighted by Gasteiger charge is 1.99. The SMILES string of the molecule is C(=N/C(=C\c1ccccc1)c1ccccc1)c1cccnc1. The van der Waals surface area contributed by atoms with E-state index in [1.165, 1.54) is 0 Å². The number of aromatic nitrogens is 1. The average Bonchev–Trinajstić information content (AvgIpc) is 2.61. The summed E-state index contributed by atoms with van der Waals surface area (Å²) in [5.74, 6) is 0. The molecule has 0 aliphatic carbocycles. The standard InChI is InChI=1S/C20H16N2/c1-3-8-17(9-4-1)14-20(19-11-5-2-6-12-19)22-16-18-10-7-13-21-15-18/h1-16H/b20-14-,22-16?. The predicted molar refractivity (Wildman–Crippen MR) is 92.6 cm³/mol. The Hall–Kier alpha value is -3.00. The zero-order chi connectivity index (χ0) is 15.0. The third-order valence-electron chi connectivity index (χ3n) is 3.21. The number of aliphatic imine (C=N–C) groups is 1. The van der Waals surface area contributed by atoms with Crippen LogP contribution in [0.2, 0.25) is 0 Å². The molecule has 0 atom stereocenters. The molecule has 0 saturated heterocycles.